The highest BCUT2D eigenvalue weighted by Crippen LogP contribution is 2.35. The van der Waals surface area contributed by atoms with Crippen LogP contribution in [-0.2, 0) is 4.79 Å². The molecular weight excluding hydrogens is 357 g/mol. The molecule has 2 aromatic carbocycles. The third kappa shape index (κ3) is 3.54. The van der Waals surface area contributed by atoms with Crippen molar-refractivity contribution in [2.45, 2.75) is 38.1 Å². The smallest absolute Gasteiger partial charge is 0.249 e. The summed E-state index contributed by atoms with van der Waals surface area (Å²) in [4.78, 5) is 19.6. The van der Waals surface area contributed by atoms with Gasteiger partial charge in [-0.2, -0.15) is 4.98 Å². The van der Waals surface area contributed by atoms with Crippen molar-refractivity contribution in [3.8, 4) is 11.4 Å². The second-order valence-electron chi connectivity index (χ2n) is 7.02. The molecule has 6 heteroatoms. The van der Waals surface area contributed by atoms with Crippen LogP contribution in [0.2, 0.25) is 0 Å². The molecule has 2 atom stereocenters. The lowest BCUT2D eigenvalue weighted by Gasteiger charge is -2.26. The van der Waals surface area contributed by atoms with E-state index < -0.39 is 0 Å². The molecule has 0 saturated carbocycles. The maximum atomic E-state index is 13.3. The number of hydrogen-bond acceptors (Lipinski definition) is 4. The molecule has 0 unspecified atom stereocenters. The molecule has 1 aliphatic rings. The largest absolute Gasteiger partial charge is 0.337 e. The number of aromatic nitrogens is 2. The lowest BCUT2D eigenvalue weighted by atomic mass is 9.94. The number of hydrogen-bond donors (Lipinski definition) is 0. The normalized spacial score (nSPS) is 17.6. The standard InChI is InChI=1S/C22H22FN3O2/c1-2-18(15-7-4-3-5-8-15)22(27)26-14-6-9-19(26)21-24-20(25-28-21)16-10-12-17(23)13-11-16/h3-5,7-8,10-13,18-19H,2,6,9,14H2,1H3/t18-,19+/m0/s1. The second-order valence-corrected chi connectivity index (χ2v) is 7.02. The number of amides is 1. The Morgan fingerprint density at radius 2 is 1.96 bits per heavy atom. The number of nitrogens with zero attached hydrogens (tertiary/aromatic N) is 3. The molecule has 5 nitrogen and oxygen atoms in total. The zero-order valence-corrected chi connectivity index (χ0v) is 15.7. The predicted octanol–water partition coefficient (Wildman–Crippen LogP) is 4.73. The number of rotatable bonds is 5. The number of carbonyl (C=O) groups is 1. The third-order valence-electron chi connectivity index (χ3n) is 5.27. The van der Waals surface area contributed by atoms with Gasteiger partial charge in [0.05, 0.1) is 5.92 Å². The van der Waals surface area contributed by atoms with Crippen molar-refractivity contribution in [3.63, 3.8) is 0 Å². The first-order valence-corrected chi connectivity index (χ1v) is 9.62. The third-order valence-corrected chi connectivity index (χ3v) is 5.27. The Morgan fingerprint density at radius 3 is 2.68 bits per heavy atom. The first kappa shape index (κ1) is 18.3. The van der Waals surface area contributed by atoms with Crippen molar-refractivity contribution in [2.24, 2.45) is 0 Å². The average molecular weight is 379 g/mol. The predicted molar refractivity (Wildman–Crippen MR) is 103 cm³/mol. The molecule has 144 valence electrons. The van der Waals surface area contributed by atoms with Gasteiger partial charge in [-0.15, -0.1) is 0 Å². The molecule has 1 fully saturated rings. The number of carbonyl (C=O) groups excluding carboxylic acids is 1. The summed E-state index contributed by atoms with van der Waals surface area (Å²) in [6.07, 6.45) is 2.43. The second kappa shape index (κ2) is 7.92. The maximum Gasteiger partial charge on any atom is 0.249 e. The van der Waals surface area contributed by atoms with E-state index >= 15 is 0 Å². The fraction of sp³-hybridized carbons (Fsp3) is 0.318. The minimum atomic E-state index is -0.313. The number of halogens is 1. The Balaban J connectivity index is 1.57. The monoisotopic (exact) mass is 379 g/mol. The molecule has 0 bridgehead atoms. The van der Waals surface area contributed by atoms with Crippen molar-refractivity contribution < 1.29 is 13.7 Å². The summed E-state index contributed by atoms with van der Waals surface area (Å²) >= 11 is 0. The van der Waals surface area contributed by atoms with Gasteiger partial charge in [-0.05, 0) is 49.1 Å². The van der Waals surface area contributed by atoms with Crippen molar-refractivity contribution in [3.05, 3.63) is 71.9 Å². The van der Waals surface area contributed by atoms with Gasteiger partial charge in [-0.25, -0.2) is 4.39 Å². The van der Waals surface area contributed by atoms with Crippen LogP contribution in [-0.4, -0.2) is 27.5 Å². The van der Waals surface area contributed by atoms with Crippen LogP contribution in [0.25, 0.3) is 11.4 Å². The average Bonchev–Trinajstić information content (AvgIpc) is 3.39. The molecule has 0 spiro atoms. The molecule has 0 radical (unpaired) electrons. The zero-order chi connectivity index (χ0) is 19.5. The first-order chi connectivity index (χ1) is 13.7. The van der Waals surface area contributed by atoms with Gasteiger partial charge in [-0.3, -0.25) is 4.79 Å². The van der Waals surface area contributed by atoms with Crippen molar-refractivity contribution >= 4 is 5.91 Å². The summed E-state index contributed by atoms with van der Waals surface area (Å²) in [6.45, 7) is 2.71. The van der Waals surface area contributed by atoms with Gasteiger partial charge in [0.25, 0.3) is 0 Å². The molecule has 28 heavy (non-hydrogen) atoms. The van der Waals surface area contributed by atoms with E-state index in [0.29, 0.717) is 23.8 Å². The van der Waals surface area contributed by atoms with Crippen LogP contribution >= 0.6 is 0 Å². The van der Waals surface area contributed by atoms with Gasteiger partial charge in [0, 0.05) is 12.1 Å². The highest BCUT2D eigenvalue weighted by molar-refractivity contribution is 5.84. The molecule has 2 heterocycles. The molecule has 4 rings (SSSR count). The van der Waals surface area contributed by atoms with Gasteiger partial charge >= 0.3 is 0 Å². The number of likely N-dealkylation sites (tertiary alicyclic amines) is 1. The highest BCUT2D eigenvalue weighted by atomic mass is 19.1. The molecule has 0 N–H and O–H groups in total. The Hall–Kier alpha value is -3.02. The summed E-state index contributed by atoms with van der Waals surface area (Å²) in [5, 5.41) is 4.03. The van der Waals surface area contributed by atoms with Crippen LogP contribution in [0.1, 0.15) is 49.6 Å². The van der Waals surface area contributed by atoms with Gasteiger partial charge in [0.15, 0.2) is 0 Å². The Labute approximate surface area is 163 Å². The Morgan fingerprint density at radius 1 is 1.21 bits per heavy atom. The molecule has 1 aromatic heterocycles. The topological polar surface area (TPSA) is 59.2 Å². The first-order valence-electron chi connectivity index (χ1n) is 9.62. The SMILES string of the molecule is CC[C@H](C(=O)N1CCC[C@@H]1c1nc(-c2ccc(F)cc2)no1)c1ccccc1. The fourth-order valence-corrected chi connectivity index (χ4v) is 3.81. The van der Waals surface area contributed by atoms with Crippen LogP contribution < -0.4 is 0 Å². The van der Waals surface area contributed by atoms with Crippen LogP contribution in [0.5, 0.6) is 0 Å². The zero-order valence-electron chi connectivity index (χ0n) is 15.7. The summed E-state index contributed by atoms with van der Waals surface area (Å²) in [7, 11) is 0. The maximum absolute atomic E-state index is 13.3. The van der Waals surface area contributed by atoms with E-state index in [9.17, 15) is 9.18 Å². The van der Waals surface area contributed by atoms with Crippen molar-refractivity contribution in [1.82, 2.24) is 15.0 Å². The van der Waals surface area contributed by atoms with Crippen LogP contribution in [0.15, 0.2) is 59.1 Å². The summed E-state index contributed by atoms with van der Waals surface area (Å²) in [5.41, 5.74) is 1.71. The van der Waals surface area contributed by atoms with Crippen LogP contribution in [0.3, 0.4) is 0 Å². The van der Waals surface area contributed by atoms with E-state index in [0.717, 1.165) is 24.8 Å². The van der Waals surface area contributed by atoms with Crippen LogP contribution in [0, 0.1) is 5.82 Å². The lowest BCUT2D eigenvalue weighted by molar-refractivity contribution is -0.134. The molecule has 1 amide bonds. The van der Waals surface area contributed by atoms with Gasteiger partial charge < -0.3 is 9.42 Å². The van der Waals surface area contributed by atoms with Gasteiger partial charge in [-0.1, -0.05) is 42.4 Å². The quantitative estimate of drug-likeness (QED) is 0.643. The van der Waals surface area contributed by atoms with E-state index in [1.165, 1.54) is 12.1 Å². The minimum absolute atomic E-state index is 0.0951. The van der Waals surface area contributed by atoms with E-state index in [-0.39, 0.29) is 23.7 Å². The lowest BCUT2D eigenvalue weighted by Crippen LogP contribution is -2.34. The Bertz CT molecular complexity index is 940. The summed E-state index contributed by atoms with van der Waals surface area (Å²) in [5.74, 6) is 0.447. The van der Waals surface area contributed by atoms with Crippen molar-refractivity contribution in [1.29, 1.82) is 0 Å². The molecule has 1 saturated heterocycles. The molecule has 0 aliphatic carbocycles. The van der Waals surface area contributed by atoms with Gasteiger partial charge in [0.2, 0.25) is 17.6 Å². The van der Waals surface area contributed by atoms with Crippen LogP contribution in [0.4, 0.5) is 4.39 Å². The summed E-state index contributed by atoms with van der Waals surface area (Å²) < 4.78 is 18.6. The molecule has 1 aliphatic heterocycles. The molecule has 3 aromatic rings. The fourth-order valence-electron chi connectivity index (χ4n) is 3.81. The van der Waals surface area contributed by atoms with E-state index in [1.807, 2.05) is 42.2 Å². The number of benzene rings is 2. The molecular formula is C22H22FN3O2. The Kier molecular flexibility index (Phi) is 5.19. The van der Waals surface area contributed by atoms with E-state index in [4.69, 9.17) is 4.52 Å². The van der Waals surface area contributed by atoms with Gasteiger partial charge in [0.1, 0.15) is 11.9 Å². The van der Waals surface area contributed by atoms with E-state index in [1.54, 1.807) is 12.1 Å². The summed E-state index contributed by atoms with van der Waals surface area (Å²) in [6, 6.07) is 15.6. The highest BCUT2D eigenvalue weighted by Gasteiger charge is 2.37. The van der Waals surface area contributed by atoms with E-state index in [2.05, 4.69) is 10.1 Å². The minimum Gasteiger partial charge on any atom is -0.337 e. The van der Waals surface area contributed by atoms with Crippen molar-refractivity contribution in [2.75, 3.05) is 6.54 Å².